The molecule has 0 rings (SSSR count). The van der Waals surface area contributed by atoms with E-state index >= 15 is 0 Å². The number of hydrogen-bond donors (Lipinski definition) is 7. The van der Waals surface area contributed by atoms with Gasteiger partial charge in [0.15, 0.2) is 0 Å². The number of sulfonamides is 2. The monoisotopic (exact) mass is 721 g/mol. The number of urea groups is 1. The molecule has 3 amide bonds. The second-order valence-corrected chi connectivity index (χ2v) is 13.0. The lowest BCUT2D eigenvalue weighted by atomic mass is 10.4. The van der Waals surface area contributed by atoms with Crippen LogP contribution >= 0.6 is 0 Å². The predicted molar refractivity (Wildman–Crippen MR) is 178 cm³/mol. The Balaban J connectivity index is -0.0000000581. The summed E-state index contributed by atoms with van der Waals surface area (Å²) in [6, 6.07) is -0.157. The molecule has 0 aromatic heterocycles. The molecule has 45 heavy (non-hydrogen) atoms. The number of hydrogen-bond acceptors (Lipinski definition) is 12. The van der Waals surface area contributed by atoms with Crippen LogP contribution < -0.4 is 34.8 Å². The van der Waals surface area contributed by atoms with Gasteiger partial charge in [0.05, 0.1) is 19.6 Å². The number of rotatable bonds is 6. The second-order valence-electron chi connectivity index (χ2n) is 7.31. The Hall–Kier alpha value is -2.76. The lowest BCUT2D eigenvalue weighted by Gasteiger charge is -1.94. The van der Waals surface area contributed by atoms with E-state index in [1.807, 2.05) is 13.8 Å². The predicted octanol–water partition coefficient (Wildman–Crippen LogP) is -1.55. The van der Waals surface area contributed by atoms with E-state index in [4.69, 9.17) is 0 Å². The highest BCUT2D eigenvalue weighted by Crippen LogP contribution is 1.72. The summed E-state index contributed by atoms with van der Waals surface area (Å²) in [7, 11) is 2.52. The van der Waals surface area contributed by atoms with Gasteiger partial charge in [-0.25, -0.2) is 40.5 Å². The third-order valence-electron chi connectivity index (χ3n) is 3.37. The summed E-state index contributed by atoms with van der Waals surface area (Å²) in [4.78, 5) is 48.9. The highest BCUT2D eigenvalue weighted by Gasteiger charge is 1.96. The first kappa shape index (κ1) is 61.3. The number of methoxy groups -OCH3 is 1. The molecule has 0 saturated carbocycles. The number of carbonyl (C=O) groups is 5. The first-order valence-corrected chi connectivity index (χ1v) is 17.9. The average Bonchev–Trinajstić information content (AvgIpc) is 2.97. The largest absolute Gasteiger partial charge is 0.469 e. The Morgan fingerprint density at radius 1 is 0.533 bits per heavy atom. The van der Waals surface area contributed by atoms with Crippen molar-refractivity contribution in [3.63, 3.8) is 0 Å². The van der Waals surface area contributed by atoms with Gasteiger partial charge in [0, 0.05) is 61.9 Å². The first-order chi connectivity index (χ1) is 20.1. The molecule has 0 aromatic carbocycles. The van der Waals surface area contributed by atoms with Crippen molar-refractivity contribution in [1.29, 1.82) is 0 Å². The van der Waals surface area contributed by atoms with E-state index in [2.05, 4.69) is 39.6 Å². The molecule has 276 valence electrons. The SMILES string of the molecule is CCC(C)=O.CCC(C)=O.CNC(=O)NC.CNC(C)=O.CNS(=O)(=O)NC.CNS(C)(=O)=O.CNS(C)(=O)=O.COC(C)=O. The fraction of sp³-hybridized carbons (Fsp3) is 0.783. The summed E-state index contributed by atoms with van der Waals surface area (Å²) in [6.07, 6.45) is 3.54. The summed E-state index contributed by atoms with van der Waals surface area (Å²) in [5.41, 5.74) is 0. The van der Waals surface area contributed by atoms with Crippen molar-refractivity contribution >= 4 is 59.7 Å². The van der Waals surface area contributed by atoms with E-state index in [1.54, 1.807) is 35.0 Å². The molecule has 0 unspecified atom stereocenters. The molecule has 0 aliphatic heterocycles. The molecule has 22 heteroatoms. The number of esters is 1. The molecule has 7 N–H and O–H groups in total. The molecular formula is C23H59N7O12S3. The molecule has 0 aliphatic rings. The van der Waals surface area contributed by atoms with Crippen LogP contribution in [0.1, 0.15) is 54.4 Å². The molecule has 0 spiro atoms. The number of ether oxygens (including phenoxy) is 1. The zero-order valence-corrected chi connectivity index (χ0v) is 32.0. The minimum Gasteiger partial charge on any atom is -0.469 e. The molecular weight excluding hydrogens is 662 g/mol. The van der Waals surface area contributed by atoms with Crippen molar-refractivity contribution in [2.24, 2.45) is 0 Å². The third kappa shape index (κ3) is 141. The molecule has 0 radical (unpaired) electrons. The minimum absolute atomic E-state index is 0.00463. The van der Waals surface area contributed by atoms with Crippen LogP contribution in [0.4, 0.5) is 4.79 Å². The standard InChI is InChI=1S/2C4H8O.C3H8N2O.C3H7NO.C3H6O2.C2H8N2O2S.2C2H7NO2S/c2*1-3-4(2)5;1-4-3(6)5-2;1-3(5)4-2;1-3(4)5-2;1-3-7(5,6)4-2;2*1-3-6(2,4)5/h2*3H2,1-2H3;1-2H3,(H2,4,5,6);1-2H3,(H,4,5);1-2H3;3-4H,1-2H3;2*3H,1-2H3. The Kier molecular flexibility index (Phi) is 56.2. The molecule has 19 nitrogen and oxygen atoms in total. The van der Waals surface area contributed by atoms with Gasteiger partial charge in [0.1, 0.15) is 11.6 Å². The smallest absolute Gasteiger partial charge is 0.314 e. The lowest BCUT2D eigenvalue weighted by Crippen LogP contribution is -2.30. The van der Waals surface area contributed by atoms with Gasteiger partial charge in [0.25, 0.3) is 10.2 Å². The lowest BCUT2D eigenvalue weighted by molar-refractivity contribution is -0.138. The molecule has 0 aromatic rings. The average molecular weight is 722 g/mol. The highest BCUT2D eigenvalue weighted by atomic mass is 32.2. The summed E-state index contributed by atoms with van der Waals surface area (Å²) < 4.78 is 72.2. The van der Waals surface area contributed by atoms with E-state index in [0.717, 1.165) is 12.5 Å². The van der Waals surface area contributed by atoms with Crippen molar-refractivity contribution in [2.75, 3.05) is 69.0 Å². The van der Waals surface area contributed by atoms with Crippen molar-refractivity contribution in [2.45, 2.75) is 54.4 Å². The fourth-order valence-corrected chi connectivity index (χ4v) is 0.431. The second kappa shape index (κ2) is 41.2. The van der Waals surface area contributed by atoms with Crippen LogP contribution in [0, 0.1) is 0 Å². The minimum atomic E-state index is -3.16. The maximum absolute atomic E-state index is 10.1. The zero-order chi connectivity index (χ0) is 38.5. The van der Waals surface area contributed by atoms with Crippen LogP contribution in [0.15, 0.2) is 0 Å². The van der Waals surface area contributed by atoms with Crippen molar-refractivity contribution in [1.82, 2.24) is 34.8 Å². The van der Waals surface area contributed by atoms with Gasteiger partial charge >= 0.3 is 12.0 Å². The molecule has 0 aliphatic carbocycles. The number of carbonyl (C=O) groups excluding carboxylic acids is 5. The summed E-state index contributed by atoms with van der Waals surface area (Å²) in [5, 5.41) is 7.12. The summed E-state index contributed by atoms with van der Waals surface area (Å²) >= 11 is 0. The molecule has 0 bridgehead atoms. The Morgan fingerprint density at radius 3 is 0.711 bits per heavy atom. The molecule has 0 saturated heterocycles. The topological polar surface area (TPSA) is 281 Å². The van der Waals surface area contributed by atoms with Gasteiger partial charge in [-0.1, -0.05) is 13.8 Å². The van der Waals surface area contributed by atoms with Crippen molar-refractivity contribution in [3.8, 4) is 0 Å². The quantitative estimate of drug-likeness (QED) is 0.154. The van der Waals surface area contributed by atoms with Crippen LogP contribution in [-0.4, -0.2) is 124 Å². The van der Waals surface area contributed by atoms with E-state index in [-0.39, 0.29) is 29.5 Å². The highest BCUT2D eigenvalue weighted by molar-refractivity contribution is 7.89. The number of amides is 3. The van der Waals surface area contributed by atoms with E-state index in [1.165, 1.54) is 49.1 Å². The van der Waals surface area contributed by atoms with Crippen molar-refractivity contribution in [3.05, 3.63) is 0 Å². The first-order valence-electron chi connectivity index (χ1n) is 12.6. The van der Waals surface area contributed by atoms with E-state index in [9.17, 15) is 49.2 Å². The molecule has 0 fully saturated rings. The third-order valence-corrected chi connectivity index (χ3v) is 5.93. The maximum Gasteiger partial charge on any atom is 0.314 e. The Morgan fingerprint density at radius 2 is 0.711 bits per heavy atom. The zero-order valence-electron chi connectivity index (χ0n) is 29.5. The van der Waals surface area contributed by atoms with Crippen LogP contribution in [0.3, 0.4) is 0 Å². The Labute approximate surface area is 271 Å². The number of Topliss-reactive ketones (excluding diaryl/α,β-unsaturated/α-hetero) is 2. The number of nitrogens with one attached hydrogen (secondary N) is 7. The summed E-state index contributed by atoms with van der Waals surface area (Å²) in [6.45, 7) is 9.70. The number of ketones is 2. The fourth-order valence-electron chi connectivity index (χ4n) is 0.227. The van der Waals surface area contributed by atoms with Crippen LogP contribution in [0.5, 0.6) is 0 Å². The van der Waals surface area contributed by atoms with Crippen molar-refractivity contribution < 1.29 is 54.0 Å². The van der Waals surface area contributed by atoms with Crippen LogP contribution in [0.2, 0.25) is 0 Å². The van der Waals surface area contributed by atoms with Gasteiger partial charge in [-0.05, 0) is 27.9 Å². The van der Waals surface area contributed by atoms with Gasteiger partial charge in [-0.2, -0.15) is 8.42 Å². The maximum atomic E-state index is 10.1. The van der Waals surface area contributed by atoms with Crippen LogP contribution in [-0.2, 0) is 54.2 Å². The van der Waals surface area contributed by atoms with E-state index < -0.39 is 30.3 Å². The van der Waals surface area contributed by atoms with E-state index in [0.29, 0.717) is 12.8 Å². The van der Waals surface area contributed by atoms with Gasteiger partial charge in [0.2, 0.25) is 26.0 Å². The normalized spacial score (nSPS) is 9.07. The molecule has 0 atom stereocenters. The van der Waals surface area contributed by atoms with Gasteiger partial charge in [-0.15, -0.1) is 0 Å². The van der Waals surface area contributed by atoms with Gasteiger partial charge < -0.3 is 30.3 Å². The van der Waals surface area contributed by atoms with Gasteiger partial charge in [-0.3, -0.25) is 9.59 Å². The summed E-state index contributed by atoms with van der Waals surface area (Å²) in [5.74, 6) is 0.269. The molecule has 0 heterocycles. The Bertz CT molecular complexity index is 963. The van der Waals surface area contributed by atoms with Crippen LogP contribution in [0.25, 0.3) is 0 Å².